The number of aromatic nitrogens is 1. The Morgan fingerprint density at radius 3 is 2.26 bits per heavy atom. The summed E-state index contributed by atoms with van der Waals surface area (Å²) in [6.45, 7) is 6.75. The van der Waals surface area contributed by atoms with Gasteiger partial charge in [0.15, 0.2) is 0 Å². The van der Waals surface area contributed by atoms with Crippen LogP contribution in [0, 0.1) is 0 Å². The van der Waals surface area contributed by atoms with Crippen LogP contribution in [0.4, 0.5) is 0 Å². The van der Waals surface area contributed by atoms with Crippen LogP contribution < -0.4 is 0 Å². The third kappa shape index (κ3) is 2.86. The molecule has 0 bridgehead atoms. The minimum absolute atomic E-state index is 1.08. The van der Waals surface area contributed by atoms with Gasteiger partial charge in [0.05, 0.1) is 5.69 Å². The van der Waals surface area contributed by atoms with E-state index in [0.717, 1.165) is 18.5 Å². The normalized spacial score (nSPS) is 10.7. The minimum atomic E-state index is 1.08. The van der Waals surface area contributed by atoms with E-state index in [9.17, 15) is 0 Å². The molecule has 1 heteroatoms. The molecule has 0 radical (unpaired) electrons. The highest BCUT2D eigenvalue weighted by molar-refractivity contribution is 5.66. The number of hydrogen-bond donors (Lipinski definition) is 0. The molecule has 0 amide bonds. The van der Waals surface area contributed by atoms with Gasteiger partial charge in [-0.1, -0.05) is 45.4 Å². The second kappa shape index (κ2) is 6.51. The van der Waals surface area contributed by atoms with Gasteiger partial charge in [0, 0.05) is 11.8 Å². The van der Waals surface area contributed by atoms with Gasteiger partial charge >= 0.3 is 0 Å². The van der Waals surface area contributed by atoms with Crippen LogP contribution in [0.2, 0.25) is 0 Å². The van der Waals surface area contributed by atoms with Gasteiger partial charge in [-0.3, -0.25) is 4.98 Å². The Morgan fingerprint density at radius 2 is 1.68 bits per heavy atom. The lowest BCUT2D eigenvalue weighted by Crippen LogP contribution is -2.01. The Labute approximate surface area is 116 Å². The first-order chi connectivity index (χ1) is 9.31. The van der Waals surface area contributed by atoms with Crippen LogP contribution in [0.25, 0.3) is 11.3 Å². The minimum Gasteiger partial charge on any atom is -0.256 e. The van der Waals surface area contributed by atoms with E-state index in [0.29, 0.717) is 0 Å². The van der Waals surface area contributed by atoms with Gasteiger partial charge < -0.3 is 0 Å². The Morgan fingerprint density at radius 1 is 0.895 bits per heavy atom. The Balaban J connectivity index is 2.57. The van der Waals surface area contributed by atoms with E-state index in [-0.39, 0.29) is 0 Å². The summed E-state index contributed by atoms with van der Waals surface area (Å²) in [5, 5.41) is 0. The van der Waals surface area contributed by atoms with E-state index in [2.05, 4.69) is 50.0 Å². The zero-order valence-electron chi connectivity index (χ0n) is 12.2. The first-order valence-corrected chi connectivity index (χ1v) is 7.36. The highest BCUT2D eigenvalue weighted by atomic mass is 14.7. The second-order valence-electron chi connectivity index (χ2n) is 4.90. The Kier molecular flexibility index (Phi) is 4.73. The molecule has 100 valence electrons. The molecule has 0 saturated carbocycles. The summed E-state index contributed by atoms with van der Waals surface area (Å²) < 4.78 is 0. The number of rotatable bonds is 5. The number of pyridine rings is 1. The smallest absolute Gasteiger partial charge is 0.0704 e. The van der Waals surface area contributed by atoms with Crippen LogP contribution in [-0.2, 0) is 19.3 Å². The molecule has 0 saturated heterocycles. The third-order valence-electron chi connectivity index (χ3n) is 3.70. The summed E-state index contributed by atoms with van der Waals surface area (Å²) in [6, 6.07) is 10.7. The molecule has 0 aliphatic heterocycles. The van der Waals surface area contributed by atoms with Crippen molar-refractivity contribution in [3.8, 4) is 11.3 Å². The Bertz CT molecular complexity index is 529. The van der Waals surface area contributed by atoms with Crippen molar-refractivity contribution in [1.29, 1.82) is 0 Å². The molecule has 1 nitrogen and oxygen atoms in total. The van der Waals surface area contributed by atoms with E-state index >= 15 is 0 Å². The van der Waals surface area contributed by atoms with Crippen molar-refractivity contribution in [3.63, 3.8) is 0 Å². The second-order valence-corrected chi connectivity index (χ2v) is 4.90. The van der Waals surface area contributed by atoms with Gasteiger partial charge in [-0.15, -0.1) is 0 Å². The SMILES string of the molecule is CCCc1ccc(-c2ccccn2)c(CC)c1CC. The summed E-state index contributed by atoms with van der Waals surface area (Å²) in [5.74, 6) is 0. The number of aryl methyl sites for hydroxylation is 1. The summed E-state index contributed by atoms with van der Waals surface area (Å²) in [6.07, 6.45) is 6.45. The first-order valence-electron chi connectivity index (χ1n) is 7.36. The van der Waals surface area contributed by atoms with Crippen molar-refractivity contribution in [2.45, 2.75) is 46.5 Å². The van der Waals surface area contributed by atoms with Gasteiger partial charge in [0.2, 0.25) is 0 Å². The molecule has 2 rings (SSSR count). The molecule has 0 N–H and O–H groups in total. The van der Waals surface area contributed by atoms with Crippen LogP contribution in [0.5, 0.6) is 0 Å². The highest BCUT2D eigenvalue weighted by Gasteiger charge is 2.12. The lowest BCUT2D eigenvalue weighted by molar-refractivity contribution is 0.887. The van der Waals surface area contributed by atoms with Gasteiger partial charge in [-0.2, -0.15) is 0 Å². The summed E-state index contributed by atoms with van der Waals surface area (Å²) in [5.41, 5.74) is 6.93. The molecular weight excluding hydrogens is 230 g/mol. The molecule has 19 heavy (non-hydrogen) atoms. The first kappa shape index (κ1) is 13.8. The zero-order valence-corrected chi connectivity index (χ0v) is 12.2. The predicted molar refractivity (Wildman–Crippen MR) is 82.4 cm³/mol. The highest BCUT2D eigenvalue weighted by Crippen LogP contribution is 2.29. The fourth-order valence-corrected chi connectivity index (χ4v) is 2.85. The van der Waals surface area contributed by atoms with E-state index in [1.54, 1.807) is 0 Å². The molecule has 0 fully saturated rings. The van der Waals surface area contributed by atoms with E-state index in [1.807, 2.05) is 12.3 Å². The molecule has 0 aliphatic carbocycles. The zero-order chi connectivity index (χ0) is 13.7. The molecule has 0 unspecified atom stereocenters. The number of hydrogen-bond acceptors (Lipinski definition) is 1. The van der Waals surface area contributed by atoms with Gasteiger partial charge in [-0.05, 0) is 48.1 Å². The molecule has 0 aliphatic rings. The summed E-state index contributed by atoms with van der Waals surface area (Å²) in [7, 11) is 0. The average Bonchev–Trinajstić information content (AvgIpc) is 2.47. The third-order valence-corrected chi connectivity index (χ3v) is 3.70. The summed E-state index contributed by atoms with van der Waals surface area (Å²) >= 11 is 0. The molecule has 2 aromatic rings. The van der Waals surface area contributed by atoms with Gasteiger partial charge in [0.1, 0.15) is 0 Å². The van der Waals surface area contributed by atoms with Crippen molar-refractivity contribution in [2.24, 2.45) is 0 Å². The molecule has 1 heterocycles. The van der Waals surface area contributed by atoms with Crippen molar-refractivity contribution >= 4 is 0 Å². The van der Waals surface area contributed by atoms with Crippen molar-refractivity contribution in [1.82, 2.24) is 4.98 Å². The molecule has 1 aromatic carbocycles. The maximum Gasteiger partial charge on any atom is 0.0704 e. The monoisotopic (exact) mass is 253 g/mol. The van der Waals surface area contributed by atoms with Crippen LogP contribution in [0.15, 0.2) is 36.5 Å². The quantitative estimate of drug-likeness (QED) is 0.744. The molecule has 0 atom stereocenters. The van der Waals surface area contributed by atoms with E-state index < -0.39 is 0 Å². The maximum atomic E-state index is 4.51. The average molecular weight is 253 g/mol. The predicted octanol–water partition coefficient (Wildman–Crippen LogP) is 4.83. The van der Waals surface area contributed by atoms with Crippen LogP contribution >= 0.6 is 0 Å². The van der Waals surface area contributed by atoms with Gasteiger partial charge in [-0.25, -0.2) is 0 Å². The topological polar surface area (TPSA) is 12.9 Å². The number of nitrogens with zero attached hydrogens (tertiary/aromatic N) is 1. The molecular formula is C18H23N. The largest absolute Gasteiger partial charge is 0.256 e. The van der Waals surface area contributed by atoms with E-state index in [1.165, 1.54) is 35.1 Å². The maximum absolute atomic E-state index is 4.51. The molecule has 0 spiro atoms. The fourth-order valence-electron chi connectivity index (χ4n) is 2.85. The Hall–Kier alpha value is -1.63. The molecule has 1 aromatic heterocycles. The lowest BCUT2D eigenvalue weighted by Gasteiger charge is -2.16. The van der Waals surface area contributed by atoms with E-state index in [4.69, 9.17) is 0 Å². The van der Waals surface area contributed by atoms with Crippen molar-refractivity contribution in [3.05, 3.63) is 53.2 Å². The van der Waals surface area contributed by atoms with Crippen LogP contribution in [0.1, 0.15) is 43.9 Å². The van der Waals surface area contributed by atoms with Crippen LogP contribution in [-0.4, -0.2) is 4.98 Å². The van der Waals surface area contributed by atoms with Crippen molar-refractivity contribution in [2.75, 3.05) is 0 Å². The lowest BCUT2D eigenvalue weighted by atomic mass is 9.89. The number of benzene rings is 1. The summed E-state index contributed by atoms with van der Waals surface area (Å²) in [4.78, 5) is 4.51. The van der Waals surface area contributed by atoms with Gasteiger partial charge in [0.25, 0.3) is 0 Å². The standard InChI is InChI=1S/C18H23N/c1-4-9-14-11-12-17(16(6-3)15(14)5-2)18-10-7-8-13-19-18/h7-8,10-13H,4-6,9H2,1-3H3. The fraction of sp³-hybridized carbons (Fsp3) is 0.389. The van der Waals surface area contributed by atoms with Crippen molar-refractivity contribution < 1.29 is 0 Å². The van der Waals surface area contributed by atoms with Crippen LogP contribution in [0.3, 0.4) is 0 Å².